The normalized spacial score (nSPS) is 28.8. The summed E-state index contributed by atoms with van der Waals surface area (Å²) in [6.07, 6.45) is 1.15. The van der Waals surface area contributed by atoms with E-state index in [2.05, 4.69) is 41.4 Å². The standard InChI is InChI=1S/C14H20N2O/c1-11-10-17-7-6-16(11)9-13-8-12-4-2-3-5-14(12)15-13/h2-5,11,13,15H,6-10H2,1H3. The van der Waals surface area contributed by atoms with Crippen molar-refractivity contribution in [3.63, 3.8) is 0 Å². The van der Waals surface area contributed by atoms with E-state index in [0.29, 0.717) is 12.1 Å². The van der Waals surface area contributed by atoms with E-state index in [0.717, 1.165) is 32.7 Å². The molecule has 0 radical (unpaired) electrons. The van der Waals surface area contributed by atoms with E-state index in [1.165, 1.54) is 11.3 Å². The van der Waals surface area contributed by atoms with Crippen molar-refractivity contribution in [2.45, 2.75) is 25.4 Å². The number of morpholine rings is 1. The fourth-order valence-corrected chi connectivity index (χ4v) is 2.80. The molecule has 1 N–H and O–H groups in total. The van der Waals surface area contributed by atoms with Crippen LogP contribution in [0.2, 0.25) is 0 Å². The molecule has 2 aliphatic rings. The highest BCUT2D eigenvalue weighted by atomic mass is 16.5. The van der Waals surface area contributed by atoms with Crippen molar-refractivity contribution in [3.05, 3.63) is 29.8 Å². The number of hydrogen-bond acceptors (Lipinski definition) is 3. The quantitative estimate of drug-likeness (QED) is 0.840. The van der Waals surface area contributed by atoms with Gasteiger partial charge in [-0.1, -0.05) is 18.2 Å². The largest absolute Gasteiger partial charge is 0.380 e. The van der Waals surface area contributed by atoms with Crippen molar-refractivity contribution >= 4 is 5.69 Å². The Kier molecular flexibility index (Phi) is 3.04. The summed E-state index contributed by atoms with van der Waals surface area (Å²) in [4.78, 5) is 2.53. The van der Waals surface area contributed by atoms with Gasteiger partial charge in [-0.15, -0.1) is 0 Å². The molecule has 0 bridgehead atoms. The minimum atomic E-state index is 0.550. The van der Waals surface area contributed by atoms with Crippen molar-refractivity contribution in [3.8, 4) is 0 Å². The molecular weight excluding hydrogens is 212 g/mol. The molecule has 1 aromatic rings. The third-order valence-corrected chi connectivity index (χ3v) is 3.80. The third kappa shape index (κ3) is 2.31. The lowest BCUT2D eigenvalue weighted by atomic mass is 10.1. The fourth-order valence-electron chi connectivity index (χ4n) is 2.80. The molecule has 0 aliphatic carbocycles. The van der Waals surface area contributed by atoms with Gasteiger partial charge in [-0.05, 0) is 25.0 Å². The van der Waals surface area contributed by atoms with Gasteiger partial charge in [0.15, 0.2) is 0 Å². The smallest absolute Gasteiger partial charge is 0.0619 e. The van der Waals surface area contributed by atoms with E-state index in [-0.39, 0.29) is 0 Å². The Morgan fingerprint density at radius 1 is 1.41 bits per heavy atom. The maximum atomic E-state index is 5.48. The van der Waals surface area contributed by atoms with Crippen molar-refractivity contribution in [2.24, 2.45) is 0 Å². The lowest BCUT2D eigenvalue weighted by Crippen LogP contribution is -2.48. The minimum absolute atomic E-state index is 0.550. The Hall–Kier alpha value is -1.06. The number of anilines is 1. The van der Waals surface area contributed by atoms with Gasteiger partial charge in [-0.2, -0.15) is 0 Å². The number of rotatable bonds is 2. The van der Waals surface area contributed by atoms with Crippen LogP contribution < -0.4 is 5.32 Å². The Morgan fingerprint density at radius 3 is 3.12 bits per heavy atom. The van der Waals surface area contributed by atoms with Crippen molar-refractivity contribution in [2.75, 3.05) is 31.6 Å². The molecule has 1 saturated heterocycles. The molecule has 0 aromatic heterocycles. The second-order valence-electron chi connectivity index (χ2n) is 5.12. The first kappa shape index (κ1) is 11.1. The van der Waals surface area contributed by atoms with Gasteiger partial charge in [0.05, 0.1) is 13.2 Å². The zero-order valence-electron chi connectivity index (χ0n) is 10.4. The number of para-hydroxylation sites is 1. The van der Waals surface area contributed by atoms with Gasteiger partial charge < -0.3 is 10.1 Å². The number of hydrogen-bond donors (Lipinski definition) is 1. The second kappa shape index (κ2) is 4.67. The average molecular weight is 232 g/mol. The highest BCUT2D eigenvalue weighted by Crippen LogP contribution is 2.26. The average Bonchev–Trinajstić information content (AvgIpc) is 2.74. The zero-order valence-corrected chi connectivity index (χ0v) is 10.4. The highest BCUT2D eigenvalue weighted by molar-refractivity contribution is 5.56. The molecule has 1 aromatic carbocycles. The number of nitrogens with one attached hydrogen (secondary N) is 1. The van der Waals surface area contributed by atoms with Crippen LogP contribution in [-0.2, 0) is 11.2 Å². The first-order valence-corrected chi connectivity index (χ1v) is 6.49. The number of fused-ring (bicyclic) bond motifs is 1. The minimum Gasteiger partial charge on any atom is -0.380 e. The molecule has 2 aliphatic heterocycles. The number of benzene rings is 1. The van der Waals surface area contributed by atoms with E-state index >= 15 is 0 Å². The van der Waals surface area contributed by atoms with E-state index in [1.54, 1.807) is 0 Å². The highest BCUT2D eigenvalue weighted by Gasteiger charge is 2.26. The SMILES string of the molecule is CC1COCCN1CC1Cc2ccccc2N1. The Morgan fingerprint density at radius 2 is 2.29 bits per heavy atom. The Balaban J connectivity index is 1.61. The van der Waals surface area contributed by atoms with Crippen LogP contribution in [0.3, 0.4) is 0 Å². The Bertz CT molecular complexity index is 369. The molecule has 92 valence electrons. The van der Waals surface area contributed by atoms with E-state index < -0.39 is 0 Å². The molecule has 17 heavy (non-hydrogen) atoms. The van der Waals surface area contributed by atoms with Gasteiger partial charge in [0, 0.05) is 30.9 Å². The summed E-state index contributed by atoms with van der Waals surface area (Å²) in [5, 5.41) is 3.62. The molecular formula is C14H20N2O. The zero-order chi connectivity index (χ0) is 11.7. The second-order valence-corrected chi connectivity index (χ2v) is 5.12. The maximum absolute atomic E-state index is 5.48. The first-order chi connectivity index (χ1) is 8.33. The van der Waals surface area contributed by atoms with Crippen LogP contribution in [-0.4, -0.2) is 43.3 Å². The van der Waals surface area contributed by atoms with Gasteiger partial charge >= 0.3 is 0 Å². The van der Waals surface area contributed by atoms with Gasteiger partial charge in [0.2, 0.25) is 0 Å². The predicted octanol–water partition coefficient (Wildman–Crippen LogP) is 1.74. The van der Waals surface area contributed by atoms with Crippen molar-refractivity contribution < 1.29 is 4.74 Å². The maximum Gasteiger partial charge on any atom is 0.0619 e. The Labute approximate surface area is 103 Å². The molecule has 3 rings (SSSR count). The van der Waals surface area contributed by atoms with Gasteiger partial charge in [0.25, 0.3) is 0 Å². The molecule has 0 spiro atoms. The first-order valence-electron chi connectivity index (χ1n) is 6.49. The number of nitrogens with zero attached hydrogens (tertiary/aromatic N) is 1. The van der Waals surface area contributed by atoms with Crippen LogP contribution in [0.25, 0.3) is 0 Å². The molecule has 3 heteroatoms. The monoisotopic (exact) mass is 232 g/mol. The van der Waals surface area contributed by atoms with Crippen LogP contribution >= 0.6 is 0 Å². The van der Waals surface area contributed by atoms with Crippen molar-refractivity contribution in [1.29, 1.82) is 0 Å². The van der Waals surface area contributed by atoms with Crippen LogP contribution in [0.15, 0.2) is 24.3 Å². The molecule has 1 fully saturated rings. The predicted molar refractivity (Wildman–Crippen MR) is 69.4 cm³/mol. The summed E-state index contributed by atoms with van der Waals surface area (Å²) in [6.45, 7) is 6.19. The summed E-state index contributed by atoms with van der Waals surface area (Å²) in [6, 6.07) is 9.75. The molecule has 2 heterocycles. The molecule has 0 amide bonds. The molecule has 3 nitrogen and oxygen atoms in total. The molecule has 2 atom stereocenters. The fraction of sp³-hybridized carbons (Fsp3) is 0.571. The van der Waals surface area contributed by atoms with Gasteiger partial charge in [-0.3, -0.25) is 4.90 Å². The number of ether oxygens (including phenoxy) is 1. The third-order valence-electron chi connectivity index (χ3n) is 3.80. The van der Waals surface area contributed by atoms with Gasteiger partial charge in [0.1, 0.15) is 0 Å². The van der Waals surface area contributed by atoms with Crippen LogP contribution in [0.5, 0.6) is 0 Å². The van der Waals surface area contributed by atoms with E-state index in [9.17, 15) is 0 Å². The van der Waals surface area contributed by atoms with E-state index in [4.69, 9.17) is 4.74 Å². The lowest BCUT2D eigenvalue weighted by Gasteiger charge is -2.35. The van der Waals surface area contributed by atoms with Crippen LogP contribution in [0, 0.1) is 0 Å². The lowest BCUT2D eigenvalue weighted by molar-refractivity contribution is -0.00164. The van der Waals surface area contributed by atoms with Gasteiger partial charge in [-0.25, -0.2) is 0 Å². The van der Waals surface area contributed by atoms with Crippen LogP contribution in [0.1, 0.15) is 12.5 Å². The van der Waals surface area contributed by atoms with Crippen molar-refractivity contribution in [1.82, 2.24) is 4.90 Å². The summed E-state index contributed by atoms with van der Waals surface area (Å²) in [7, 11) is 0. The summed E-state index contributed by atoms with van der Waals surface area (Å²) >= 11 is 0. The molecule has 2 unspecified atom stereocenters. The topological polar surface area (TPSA) is 24.5 Å². The van der Waals surface area contributed by atoms with E-state index in [1.807, 2.05) is 0 Å². The summed E-state index contributed by atoms with van der Waals surface area (Å²) in [5.41, 5.74) is 2.77. The summed E-state index contributed by atoms with van der Waals surface area (Å²) in [5.74, 6) is 0. The van der Waals surface area contributed by atoms with Crippen LogP contribution in [0.4, 0.5) is 5.69 Å². The summed E-state index contributed by atoms with van der Waals surface area (Å²) < 4.78 is 5.48. The molecule has 0 saturated carbocycles.